The van der Waals surface area contributed by atoms with Crippen molar-refractivity contribution in [2.24, 2.45) is 5.18 Å². The lowest BCUT2D eigenvalue weighted by Gasteiger charge is -2.22. The molecule has 1 rings (SSSR count). The van der Waals surface area contributed by atoms with Crippen LogP contribution in [0.2, 0.25) is 0 Å². The molecule has 0 saturated heterocycles. The number of alkyl carbamates (subject to hydrolysis) is 1. The van der Waals surface area contributed by atoms with Crippen molar-refractivity contribution in [3.8, 4) is 0 Å². The average Bonchev–Trinajstić information content (AvgIpc) is 2.65. The van der Waals surface area contributed by atoms with Gasteiger partial charge in [0.1, 0.15) is 12.3 Å². The van der Waals surface area contributed by atoms with Crippen molar-refractivity contribution in [3.63, 3.8) is 0 Å². The van der Waals surface area contributed by atoms with E-state index in [1.807, 2.05) is 24.0 Å². The second-order valence-corrected chi connectivity index (χ2v) is 6.87. The predicted octanol–water partition coefficient (Wildman–Crippen LogP) is 3.63. The number of carbonyl (C=O) groups excluding carboxylic acids is 1. The highest BCUT2D eigenvalue weighted by Crippen LogP contribution is 2.36. The van der Waals surface area contributed by atoms with E-state index in [0.717, 1.165) is 24.8 Å². The molecule has 0 fully saturated rings. The Morgan fingerprint density at radius 1 is 1.24 bits per heavy atom. The van der Waals surface area contributed by atoms with Crippen molar-refractivity contribution in [2.75, 3.05) is 51.5 Å². The SMILES string of the molecule is CCN(CCOC(=O)NCCCP(OC)OC)c1ccc(N=O)cc1. The molecule has 25 heavy (non-hydrogen) atoms. The number of rotatable bonds is 12. The largest absolute Gasteiger partial charge is 0.448 e. The van der Waals surface area contributed by atoms with Gasteiger partial charge >= 0.3 is 6.09 Å². The molecule has 1 amide bonds. The van der Waals surface area contributed by atoms with Crippen LogP contribution in [0.15, 0.2) is 29.4 Å². The summed E-state index contributed by atoms with van der Waals surface area (Å²) < 4.78 is 15.5. The Morgan fingerprint density at radius 3 is 2.48 bits per heavy atom. The van der Waals surface area contributed by atoms with Crippen LogP contribution < -0.4 is 10.2 Å². The van der Waals surface area contributed by atoms with Crippen LogP contribution in [0.5, 0.6) is 0 Å². The number of amides is 1. The van der Waals surface area contributed by atoms with Gasteiger partial charge in [-0.2, -0.15) is 0 Å². The van der Waals surface area contributed by atoms with Gasteiger partial charge in [-0.25, -0.2) is 4.79 Å². The molecule has 1 N–H and O–H groups in total. The quantitative estimate of drug-likeness (QED) is 0.343. The van der Waals surface area contributed by atoms with Gasteiger partial charge in [-0.15, -0.1) is 4.91 Å². The molecule has 0 saturated carbocycles. The Balaban J connectivity index is 2.24. The molecule has 9 heteroatoms. The molecule has 0 aromatic heterocycles. The Morgan fingerprint density at radius 2 is 1.92 bits per heavy atom. The number of hydrogen-bond donors (Lipinski definition) is 1. The molecule has 0 aliphatic rings. The number of likely N-dealkylation sites (N-methyl/N-ethyl adjacent to an activating group) is 1. The molecular weight excluding hydrogens is 345 g/mol. The van der Waals surface area contributed by atoms with Gasteiger partial charge in [-0.05, 0) is 42.8 Å². The molecule has 0 unspecified atom stereocenters. The normalized spacial score (nSPS) is 10.6. The van der Waals surface area contributed by atoms with Crippen molar-refractivity contribution in [3.05, 3.63) is 29.2 Å². The van der Waals surface area contributed by atoms with Crippen molar-refractivity contribution in [2.45, 2.75) is 13.3 Å². The number of carbonyl (C=O) groups is 1. The number of ether oxygens (including phenoxy) is 1. The van der Waals surface area contributed by atoms with Crippen molar-refractivity contribution in [1.29, 1.82) is 0 Å². The third-order valence-electron chi connectivity index (χ3n) is 3.49. The fraction of sp³-hybridized carbons (Fsp3) is 0.562. The summed E-state index contributed by atoms with van der Waals surface area (Å²) in [5.74, 6) is 0. The first-order valence-electron chi connectivity index (χ1n) is 8.09. The first kappa shape index (κ1) is 21.3. The molecule has 0 aliphatic heterocycles. The molecule has 1 aromatic rings. The molecule has 0 atom stereocenters. The summed E-state index contributed by atoms with van der Waals surface area (Å²) in [6.07, 6.45) is 1.09. The number of nitroso groups, excluding NO2 is 1. The van der Waals surface area contributed by atoms with Crippen LogP contribution in [0.3, 0.4) is 0 Å². The maximum Gasteiger partial charge on any atom is 0.407 e. The number of nitrogens with one attached hydrogen (secondary N) is 1. The van der Waals surface area contributed by atoms with E-state index < -0.39 is 14.5 Å². The van der Waals surface area contributed by atoms with Gasteiger partial charge in [-0.3, -0.25) is 0 Å². The Labute approximate surface area is 149 Å². The highest BCUT2D eigenvalue weighted by molar-refractivity contribution is 7.47. The molecule has 0 spiro atoms. The van der Waals surface area contributed by atoms with E-state index in [1.54, 1.807) is 26.4 Å². The van der Waals surface area contributed by atoms with E-state index in [-0.39, 0.29) is 6.61 Å². The van der Waals surface area contributed by atoms with E-state index in [1.165, 1.54) is 0 Å². The minimum absolute atomic E-state index is 0.274. The van der Waals surface area contributed by atoms with Gasteiger partial charge in [0.15, 0.2) is 8.38 Å². The molecule has 140 valence electrons. The number of nitrogens with zero attached hydrogens (tertiary/aromatic N) is 2. The molecule has 0 radical (unpaired) electrons. The smallest absolute Gasteiger partial charge is 0.407 e. The summed E-state index contributed by atoms with van der Waals surface area (Å²) in [7, 11) is 2.36. The molecule has 8 nitrogen and oxygen atoms in total. The highest BCUT2D eigenvalue weighted by atomic mass is 31.2. The summed E-state index contributed by atoms with van der Waals surface area (Å²) >= 11 is 0. The van der Waals surface area contributed by atoms with Crippen LogP contribution in [-0.2, 0) is 13.8 Å². The second kappa shape index (κ2) is 12.6. The Bertz CT molecular complexity index is 511. The van der Waals surface area contributed by atoms with E-state index in [2.05, 4.69) is 10.5 Å². The molecule has 1 aromatic carbocycles. The fourth-order valence-electron chi connectivity index (χ4n) is 2.15. The summed E-state index contributed by atoms with van der Waals surface area (Å²) in [5, 5.41) is 5.58. The van der Waals surface area contributed by atoms with Gasteiger partial charge in [0.25, 0.3) is 0 Å². The Hall–Kier alpha value is -1.76. The topological polar surface area (TPSA) is 89.5 Å². The maximum atomic E-state index is 11.7. The van der Waals surface area contributed by atoms with Crippen molar-refractivity contribution in [1.82, 2.24) is 5.32 Å². The number of hydrogen-bond acceptors (Lipinski definition) is 7. The molecule has 0 bridgehead atoms. The third-order valence-corrected chi connectivity index (χ3v) is 4.99. The first-order chi connectivity index (χ1) is 12.1. The van der Waals surface area contributed by atoms with Crippen LogP contribution in [0.25, 0.3) is 0 Å². The molecule has 0 heterocycles. The zero-order valence-corrected chi connectivity index (χ0v) is 15.8. The van der Waals surface area contributed by atoms with Crippen LogP contribution in [0, 0.1) is 4.91 Å². The summed E-state index contributed by atoms with van der Waals surface area (Å²) in [5.41, 5.74) is 1.34. The van der Waals surface area contributed by atoms with Gasteiger partial charge < -0.3 is 24.0 Å². The van der Waals surface area contributed by atoms with E-state index in [0.29, 0.717) is 18.8 Å². The minimum atomic E-state index is -0.864. The van der Waals surface area contributed by atoms with Gasteiger partial charge in [-0.1, -0.05) is 0 Å². The summed E-state index contributed by atoms with van der Waals surface area (Å²) in [4.78, 5) is 24.2. The standard InChI is InChI=1S/C16H26N3O5P/c1-4-19(15-8-6-14(18-21)7-9-15)11-12-24-16(20)17-10-5-13-25(22-2)23-3/h6-9H,4-5,10-13H2,1-3H3,(H,17,20). The molecular formula is C16H26N3O5P. The van der Waals surface area contributed by atoms with Crippen LogP contribution >= 0.6 is 8.38 Å². The number of anilines is 1. The van der Waals surface area contributed by atoms with Crippen LogP contribution in [-0.4, -0.2) is 52.7 Å². The van der Waals surface area contributed by atoms with E-state index >= 15 is 0 Å². The lowest BCUT2D eigenvalue weighted by molar-refractivity contribution is 0.149. The average molecular weight is 371 g/mol. The molecule has 0 aliphatic carbocycles. The van der Waals surface area contributed by atoms with Crippen LogP contribution in [0.4, 0.5) is 16.2 Å². The minimum Gasteiger partial charge on any atom is -0.448 e. The Kier molecular flexibility index (Phi) is 10.7. The first-order valence-corrected chi connectivity index (χ1v) is 9.45. The van der Waals surface area contributed by atoms with Crippen molar-refractivity contribution < 1.29 is 18.6 Å². The van der Waals surface area contributed by atoms with Crippen LogP contribution in [0.1, 0.15) is 13.3 Å². The summed E-state index contributed by atoms with van der Waals surface area (Å²) in [6.45, 7) is 4.13. The maximum absolute atomic E-state index is 11.7. The highest BCUT2D eigenvalue weighted by Gasteiger charge is 2.08. The lowest BCUT2D eigenvalue weighted by atomic mass is 10.2. The monoisotopic (exact) mass is 371 g/mol. The third kappa shape index (κ3) is 8.25. The van der Waals surface area contributed by atoms with Crippen molar-refractivity contribution >= 4 is 25.8 Å². The summed E-state index contributed by atoms with van der Waals surface area (Å²) in [6, 6.07) is 6.97. The number of benzene rings is 1. The van der Waals surface area contributed by atoms with Gasteiger partial charge in [0.2, 0.25) is 0 Å². The zero-order valence-electron chi connectivity index (χ0n) is 14.9. The fourth-order valence-corrected chi connectivity index (χ4v) is 3.08. The predicted molar refractivity (Wildman–Crippen MR) is 99.6 cm³/mol. The lowest BCUT2D eigenvalue weighted by Crippen LogP contribution is -2.31. The second-order valence-electron chi connectivity index (χ2n) is 5.03. The van der Waals surface area contributed by atoms with Gasteiger partial charge in [0, 0.05) is 39.2 Å². The van der Waals surface area contributed by atoms with E-state index in [9.17, 15) is 9.70 Å². The van der Waals surface area contributed by atoms with Gasteiger partial charge in [0.05, 0.1) is 6.54 Å². The zero-order chi connectivity index (χ0) is 18.5. The van der Waals surface area contributed by atoms with E-state index in [4.69, 9.17) is 13.8 Å².